The molecule has 0 bridgehead atoms. The zero-order valence-corrected chi connectivity index (χ0v) is 20.0. The van der Waals surface area contributed by atoms with Gasteiger partial charge in [0.25, 0.3) is 0 Å². The van der Waals surface area contributed by atoms with Gasteiger partial charge in [-0.1, -0.05) is 60.2 Å². The summed E-state index contributed by atoms with van der Waals surface area (Å²) in [6, 6.07) is 21.0. The van der Waals surface area contributed by atoms with E-state index in [1.807, 2.05) is 36.1 Å². The molecule has 2 heterocycles. The minimum atomic E-state index is -4.47. The fourth-order valence-electron chi connectivity index (χ4n) is 4.73. The van der Waals surface area contributed by atoms with Crippen molar-refractivity contribution < 1.29 is 22.4 Å². The maximum atomic E-state index is 13.6. The molecule has 0 N–H and O–H groups in total. The smallest absolute Gasteiger partial charge is 0.416 e. The highest BCUT2D eigenvalue weighted by Gasteiger charge is 2.33. The van der Waals surface area contributed by atoms with Crippen LogP contribution in [0.4, 0.5) is 13.2 Å². The topological polar surface area (TPSA) is 46.3 Å². The second-order valence-electron chi connectivity index (χ2n) is 9.13. The van der Waals surface area contributed by atoms with Crippen molar-refractivity contribution >= 4 is 5.91 Å². The molecule has 7 heteroatoms. The van der Waals surface area contributed by atoms with Gasteiger partial charge < -0.3 is 9.32 Å². The molecular formula is C29H25F3N2O2. The van der Waals surface area contributed by atoms with Crippen molar-refractivity contribution in [1.82, 2.24) is 9.88 Å². The number of benzene rings is 3. The zero-order chi connectivity index (χ0) is 25.4. The van der Waals surface area contributed by atoms with Gasteiger partial charge in [0.2, 0.25) is 11.8 Å². The van der Waals surface area contributed by atoms with Gasteiger partial charge in [0.05, 0.1) is 23.7 Å². The van der Waals surface area contributed by atoms with Gasteiger partial charge in [-0.15, -0.1) is 0 Å². The number of carbonyl (C=O) groups is 1. The molecule has 36 heavy (non-hydrogen) atoms. The Labute approximate surface area is 207 Å². The van der Waals surface area contributed by atoms with Crippen LogP contribution in [0.25, 0.3) is 11.5 Å². The van der Waals surface area contributed by atoms with E-state index in [4.69, 9.17) is 4.42 Å². The Morgan fingerprint density at radius 1 is 1.03 bits per heavy atom. The molecule has 4 nitrogen and oxygen atoms in total. The Morgan fingerprint density at radius 3 is 2.53 bits per heavy atom. The first-order valence-corrected chi connectivity index (χ1v) is 11.8. The van der Waals surface area contributed by atoms with Crippen molar-refractivity contribution in [2.24, 2.45) is 0 Å². The number of rotatable bonds is 4. The lowest BCUT2D eigenvalue weighted by Gasteiger charge is -2.38. The Kier molecular flexibility index (Phi) is 6.16. The van der Waals surface area contributed by atoms with Gasteiger partial charge in [0, 0.05) is 12.1 Å². The van der Waals surface area contributed by atoms with E-state index in [1.165, 1.54) is 17.7 Å². The first kappa shape index (κ1) is 23.9. The van der Waals surface area contributed by atoms with Crippen molar-refractivity contribution in [2.45, 2.75) is 38.9 Å². The highest BCUT2D eigenvalue weighted by molar-refractivity contribution is 5.80. The summed E-state index contributed by atoms with van der Waals surface area (Å²) in [4.78, 5) is 19.9. The van der Waals surface area contributed by atoms with E-state index in [1.54, 1.807) is 6.92 Å². The second-order valence-corrected chi connectivity index (χ2v) is 9.13. The molecule has 4 aromatic rings. The minimum absolute atomic E-state index is 0.00117. The van der Waals surface area contributed by atoms with Gasteiger partial charge in [0.1, 0.15) is 5.76 Å². The first-order chi connectivity index (χ1) is 17.2. The normalized spacial score (nSPS) is 15.6. The van der Waals surface area contributed by atoms with Crippen LogP contribution in [0.3, 0.4) is 0 Å². The Bertz CT molecular complexity index is 1410. The number of carbonyl (C=O) groups excluding carboxylic acids is 1. The van der Waals surface area contributed by atoms with Crippen molar-refractivity contribution in [1.29, 1.82) is 0 Å². The zero-order valence-electron chi connectivity index (χ0n) is 20.0. The van der Waals surface area contributed by atoms with Crippen molar-refractivity contribution in [3.05, 3.63) is 112 Å². The largest absolute Gasteiger partial charge is 0.441 e. The Morgan fingerprint density at radius 2 is 1.78 bits per heavy atom. The molecule has 0 radical (unpaired) electrons. The summed E-state index contributed by atoms with van der Waals surface area (Å²) < 4.78 is 45.1. The number of amides is 1. The molecule has 0 saturated carbocycles. The van der Waals surface area contributed by atoms with Gasteiger partial charge in [-0.2, -0.15) is 13.2 Å². The molecule has 0 unspecified atom stereocenters. The minimum Gasteiger partial charge on any atom is -0.441 e. The van der Waals surface area contributed by atoms with Gasteiger partial charge >= 0.3 is 6.18 Å². The highest BCUT2D eigenvalue weighted by Crippen LogP contribution is 2.36. The average molecular weight is 491 g/mol. The first-order valence-electron chi connectivity index (χ1n) is 11.8. The number of halogens is 3. The summed E-state index contributed by atoms with van der Waals surface area (Å²) in [6.07, 6.45) is -3.72. The molecule has 0 saturated heterocycles. The lowest BCUT2D eigenvalue weighted by molar-refractivity contribution is -0.137. The van der Waals surface area contributed by atoms with E-state index in [-0.39, 0.29) is 29.8 Å². The lowest BCUT2D eigenvalue weighted by Crippen LogP contribution is -2.41. The molecule has 1 aliphatic rings. The molecule has 0 fully saturated rings. The van der Waals surface area contributed by atoms with E-state index in [2.05, 4.69) is 29.2 Å². The molecule has 0 spiro atoms. The van der Waals surface area contributed by atoms with Crippen molar-refractivity contribution in [3.63, 3.8) is 0 Å². The van der Waals surface area contributed by atoms with Gasteiger partial charge in [-0.3, -0.25) is 4.79 Å². The number of fused-ring (bicyclic) bond motifs is 1. The summed E-state index contributed by atoms with van der Waals surface area (Å²) in [5.41, 5.74) is 4.36. The molecule has 3 aromatic carbocycles. The van der Waals surface area contributed by atoms with Crippen LogP contribution in [-0.4, -0.2) is 22.3 Å². The predicted octanol–water partition coefficient (Wildman–Crippen LogP) is 6.69. The number of nitrogens with zero attached hydrogens (tertiary/aromatic N) is 2. The van der Waals surface area contributed by atoms with Crippen LogP contribution in [0, 0.1) is 13.8 Å². The van der Waals surface area contributed by atoms with Crippen molar-refractivity contribution in [3.8, 4) is 11.5 Å². The number of alkyl halides is 3. The molecule has 1 amide bonds. The van der Waals surface area contributed by atoms with Gasteiger partial charge in [0.15, 0.2) is 0 Å². The Balaban J connectivity index is 1.44. The lowest BCUT2D eigenvalue weighted by atomic mass is 9.87. The summed E-state index contributed by atoms with van der Waals surface area (Å²) >= 11 is 0. The number of aromatic nitrogens is 1. The SMILES string of the molecule is Cc1ccc([C@@H]2c3ccccc3CCN2C(=O)Cc2nc(-c3cccc(C(F)(F)F)c3)oc2C)cc1. The second kappa shape index (κ2) is 9.30. The third kappa shape index (κ3) is 4.65. The van der Waals surface area contributed by atoms with Crippen LogP contribution < -0.4 is 0 Å². The highest BCUT2D eigenvalue weighted by atomic mass is 19.4. The molecule has 1 atom stereocenters. The third-order valence-electron chi connectivity index (χ3n) is 6.65. The van der Waals surface area contributed by atoms with E-state index in [0.29, 0.717) is 18.0 Å². The van der Waals surface area contributed by atoms with E-state index in [0.717, 1.165) is 35.2 Å². The molecule has 5 rings (SSSR count). The average Bonchev–Trinajstić information content (AvgIpc) is 3.23. The molecule has 1 aromatic heterocycles. The molecule has 184 valence electrons. The standard InChI is InChI=1S/C29H25F3N2O2/c1-18-10-12-21(13-11-18)27-24-9-4-3-6-20(24)14-15-34(27)26(35)17-25-19(2)36-28(33-25)22-7-5-8-23(16-22)29(30,31)32/h3-13,16,27H,14-15,17H2,1-2H3/t27-/m1/s1. The maximum Gasteiger partial charge on any atom is 0.416 e. The molecular weight excluding hydrogens is 465 g/mol. The summed E-state index contributed by atoms with van der Waals surface area (Å²) in [5, 5.41) is 0. The monoisotopic (exact) mass is 490 g/mol. The van der Waals surface area contributed by atoms with Crippen LogP contribution in [0.5, 0.6) is 0 Å². The van der Waals surface area contributed by atoms with E-state index in [9.17, 15) is 18.0 Å². The summed E-state index contributed by atoms with van der Waals surface area (Å²) in [6.45, 7) is 4.26. The summed E-state index contributed by atoms with van der Waals surface area (Å²) in [5.74, 6) is 0.377. The number of hydrogen-bond acceptors (Lipinski definition) is 3. The quantitative estimate of drug-likeness (QED) is 0.320. The van der Waals surface area contributed by atoms with Crippen LogP contribution in [0.1, 0.15) is 45.3 Å². The van der Waals surface area contributed by atoms with E-state index >= 15 is 0 Å². The van der Waals surface area contributed by atoms with Crippen LogP contribution >= 0.6 is 0 Å². The maximum absolute atomic E-state index is 13.6. The number of hydrogen-bond donors (Lipinski definition) is 0. The predicted molar refractivity (Wildman–Crippen MR) is 130 cm³/mol. The van der Waals surface area contributed by atoms with Gasteiger partial charge in [-0.05, 0) is 55.2 Å². The van der Waals surface area contributed by atoms with Crippen molar-refractivity contribution in [2.75, 3.05) is 6.54 Å². The van der Waals surface area contributed by atoms with Crippen LogP contribution in [0.15, 0.2) is 77.2 Å². The Hall–Kier alpha value is -3.87. The van der Waals surface area contributed by atoms with Crippen LogP contribution in [-0.2, 0) is 23.8 Å². The van der Waals surface area contributed by atoms with Gasteiger partial charge in [-0.25, -0.2) is 4.98 Å². The summed E-state index contributed by atoms with van der Waals surface area (Å²) in [7, 11) is 0. The third-order valence-corrected chi connectivity index (χ3v) is 6.65. The molecule has 1 aliphatic heterocycles. The molecule has 0 aliphatic carbocycles. The van der Waals surface area contributed by atoms with E-state index < -0.39 is 11.7 Å². The van der Waals surface area contributed by atoms with Crippen LogP contribution in [0.2, 0.25) is 0 Å². The number of aryl methyl sites for hydroxylation is 2. The fourth-order valence-corrected chi connectivity index (χ4v) is 4.73. The number of oxazole rings is 1. The fraction of sp³-hybridized carbons (Fsp3) is 0.241.